The van der Waals surface area contributed by atoms with Crippen molar-refractivity contribution in [2.24, 2.45) is 0 Å². The van der Waals surface area contributed by atoms with Gasteiger partial charge in [-0.2, -0.15) is 0 Å². The zero-order chi connectivity index (χ0) is 9.68. The minimum atomic E-state index is -0.935. The van der Waals surface area contributed by atoms with E-state index in [-0.39, 0.29) is 0 Å². The van der Waals surface area contributed by atoms with E-state index in [1.54, 1.807) is 12.1 Å². The first kappa shape index (κ1) is 9.58. The highest BCUT2D eigenvalue weighted by Gasteiger charge is 2.11. The van der Waals surface area contributed by atoms with E-state index in [9.17, 15) is 4.79 Å². The van der Waals surface area contributed by atoms with Gasteiger partial charge in [0.05, 0.1) is 0 Å². The first-order valence-electron chi connectivity index (χ1n) is 4.10. The molecule has 0 fully saturated rings. The standard InChI is InChI=1S/C10H12NO2/c1-2-8-11(10(12)13)9-6-4-3-5-7-9/h3-7H,1-2,8H2,(H,12,13). The van der Waals surface area contributed by atoms with Crippen LogP contribution in [0, 0.1) is 6.92 Å². The van der Waals surface area contributed by atoms with Crippen LogP contribution in [-0.4, -0.2) is 17.7 Å². The van der Waals surface area contributed by atoms with Gasteiger partial charge in [0.2, 0.25) is 0 Å². The summed E-state index contributed by atoms with van der Waals surface area (Å²) in [6.07, 6.45) is -0.365. The van der Waals surface area contributed by atoms with Crippen LogP contribution in [0.1, 0.15) is 6.42 Å². The zero-order valence-electron chi connectivity index (χ0n) is 7.31. The summed E-state index contributed by atoms with van der Waals surface area (Å²) in [4.78, 5) is 12.1. The lowest BCUT2D eigenvalue weighted by Crippen LogP contribution is -2.29. The minimum absolute atomic E-state index is 0.430. The summed E-state index contributed by atoms with van der Waals surface area (Å²) < 4.78 is 0. The molecule has 0 aliphatic carbocycles. The fourth-order valence-corrected chi connectivity index (χ4v) is 1.10. The lowest BCUT2D eigenvalue weighted by Gasteiger charge is -2.17. The van der Waals surface area contributed by atoms with Crippen LogP contribution in [0.3, 0.4) is 0 Å². The Hall–Kier alpha value is -1.51. The average molecular weight is 178 g/mol. The molecule has 0 unspecified atom stereocenters. The van der Waals surface area contributed by atoms with Crippen molar-refractivity contribution in [3.8, 4) is 0 Å². The molecule has 0 aliphatic rings. The quantitative estimate of drug-likeness (QED) is 0.772. The zero-order valence-corrected chi connectivity index (χ0v) is 7.31. The van der Waals surface area contributed by atoms with E-state index in [0.717, 1.165) is 0 Å². The molecule has 1 amide bonds. The molecule has 1 N–H and O–H groups in total. The highest BCUT2D eigenvalue weighted by molar-refractivity contribution is 5.85. The van der Waals surface area contributed by atoms with Crippen LogP contribution in [0.15, 0.2) is 30.3 Å². The molecule has 0 aliphatic heterocycles. The summed E-state index contributed by atoms with van der Waals surface area (Å²) in [5.74, 6) is 0. The lowest BCUT2D eigenvalue weighted by molar-refractivity contribution is 0.202. The minimum Gasteiger partial charge on any atom is -0.465 e. The van der Waals surface area contributed by atoms with Crippen LogP contribution in [0.25, 0.3) is 0 Å². The van der Waals surface area contributed by atoms with Crippen LogP contribution in [0.5, 0.6) is 0 Å². The molecule has 0 atom stereocenters. The maximum absolute atomic E-state index is 10.8. The number of nitrogens with zero attached hydrogens (tertiary/aromatic N) is 1. The van der Waals surface area contributed by atoms with Gasteiger partial charge in [-0.15, -0.1) is 0 Å². The highest BCUT2D eigenvalue weighted by Crippen LogP contribution is 2.13. The van der Waals surface area contributed by atoms with E-state index in [1.807, 2.05) is 18.2 Å². The number of benzene rings is 1. The molecule has 1 aromatic rings. The third-order valence-electron chi connectivity index (χ3n) is 1.68. The van der Waals surface area contributed by atoms with Crippen molar-refractivity contribution in [2.45, 2.75) is 6.42 Å². The van der Waals surface area contributed by atoms with Crippen LogP contribution < -0.4 is 4.90 Å². The van der Waals surface area contributed by atoms with Crippen molar-refractivity contribution < 1.29 is 9.90 Å². The van der Waals surface area contributed by atoms with Crippen molar-refractivity contribution in [2.75, 3.05) is 11.4 Å². The summed E-state index contributed by atoms with van der Waals surface area (Å²) in [5.41, 5.74) is 0.693. The third-order valence-corrected chi connectivity index (χ3v) is 1.68. The molecule has 0 saturated carbocycles. The number of hydrogen-bond acceptors (Lipinski definition) is 1. The molecule has 3 nitrogen and oxygen atoms in total. The Balaban J connectivity index is 2.82. The largest absolute Gasteiger partial charge is 0.465 e. The normalized spacial score (nSPS) is 9.62. The Morgan fingerprint density at radius 1 is 1.38 bits per heavy atom. The Kier molecular flexibility index (Phi) is 3.31. The molecule has 3 heteroatoms. The van der Waals surface area contributed by atoms with Crippen LogP contribution >= 0.6 is 0 Å². The maximum atomic E-state index is 10.8. The van der Waals surface area contributed by atoms with E-state index >= 15 is 0 Å². The molecule has 1 radical (unpaired) electrons. The summed E-state index contributed by atoms with van der Waals surface area (Å²) in [5, 5.41) is 8.86. The average Bonchev–Trinajstić information content (AvgIpc) is 2.15. The van der Waals surface area contributed by atoms with Gasteiger partial charge in [-0.05, 0) is 18.6 Å². The number of rotatable bonds is 3. The maximum Gasteiger partial charge on any atom is 0.411 e. The van der Waals surface area contributed by atoms with Crippen molar-refractivity contribution in [1.82, 2.24) is 0 Å². The number of carbonyl (C=O) groups is 1. The van der Waals surface area contributed by atoms with Crippen molar-refractivity contribution in [3.63, 3.8) is 0 Å². The van der Waals surface area contributed by atoms with Gasteiger partial charge in [-0.25, -0.2) is 4.79 Å². The number of anilines is 1. The van der Waals surface area contributed by atoms with E-state index in [0.29, 0.717) is 18.7 Å². The molecule has 13 heavy (non-hydrogen) atoms. The summed E-state index contributed by atoms with van der Waals surface area (Å²) in [6, 6.07) is 9.02. The summed E-state index contributed by atoms with van der Waals surface area (Å²) >= 11 is 0. The molecule has 0 bridgehead atoms. The van der Waals surface area contributed by atoms with Crippen molar-refractivity contribution in [3.05, 3.63) is 37.3 Å². The fourth-order valence-electron chi connectivity index (χ4n) is 1.10. The second-order valence-corrected chi connectivity index (χ2v) is 2.62. The molecular weight excluding hydrogens is 166 g/mol. The molecule has 0 saturated heterocycles. The molecule has 1 rings (SSSR count). The molecular formula is C10H12NO2. The van der Waals surface area contributed by atoms with Gasteiger partial charge < -0.3 is 5.11 Å². The Morgan fingerprint density at radius 2 is 2.00 bits per heavy atom. The second-order valence-electron chi connectivity index (χ2n) is 2.62. The summed E-state index contributed by atoms with van der Waals surface area (Å²) in [7, 11) is 0. The lowest BCUT2D eigenvalue weighted by atomic mass is 10.3. The fraction of sp³-hybridized carbons (Fsp3) is 0.200. The topological polar surface area (TPSA) is 40.5 Å². The van der Waals surface area contributed by atoms with Crippen molar-refractivity contribution in [1.29, 1.82) is 0 Å². The number of amides is 1. The Bertz CT molecular complexity index is 272. The highest BCUT2D eigenvalue weighted by atomic mass is 16.4. The van der Waals surface area contributed by atoms with Crippen molar-refractivity contribution >= 4 is 11.8 Å². The van der Waals surface area contributed by atoms with Gasteiger partial charge in [0, 0.05) is 12.2 Å². The Labute approximate surface area is 77.6 Å². The number of carboxylic acid groups (broad SMARTS) is 1. The van der Waals surface area contributed by atoms with Crippen LogP contribution in [-0.2, 0) is 0 Å². The smallest absolute Gasteiger partial charge is 0.411 e. The predicted octanol–water partition coefficient (Wildman–Crippen LogP) is 2.40. The Morgan fingerprint density at radius 3 is 2.46 bits per heavy atom. The van der Waals surface area contributed by atoms with E-state index < -0.39 is 6.09 Å². The SMILES string of the molecule is [CH2]CCN(C(=O)O)c1ccccc1. The van der Waals surface area contributed by atoms with E-state index in [1.165, 1.54) is 4.90 Å². The van der Waals surface area contributed by atoms with Gasteiger partial charge in [-0.3, -0.25) is 4.90 Å². The molecule has 69 valence electrons. The van der Waals surface area contributed by atoms with Gasteiger partial charge in [0.1, 0.15) is 0 Å². The van der Waals surface area contributed by atoms with Gasteiger partial charge in [0.25, 0.3) is 0 Å². The first-order valence-corrected chi connectivity index (χ1v) is 4.10. The summed E-state index contributed by atoms with van der Waals surface area (Å²) in [6.45, 7) is 4.06. The molecule has 0 spiro atoms. The van der Waals surface area contributed by atoms with Gasteiger partial charge >= 0.3 is 6.09 Å². The molecule has 0 aromatic heterocycles. The van der Waals surface area contributed by atoms with Crippen LogP contribution in [0.2, 0.25) is 0 Å². The second kappa shape index (κ2) is 4.50. The van der Waals surface area contributed by atoms with E-state index in [4.69, 9.17) is 5.11 Å². The molecule has 0 heterocycles. The number of hydrogen-bond donors (Lipinski definition) is 1. The van der Waals surface area contributed by atoms with Gasteiger partial charge in [0.15, 0.2) is 0 Å². The van der Waals surface area contributed by atoms with Gasteiger partial charge in [-0.1, -0.05) is 25.1 Å². The first-order chi connectivity index (χ1) is 6.25. The number of para-hydroxylation sites is 1. The van der Waals surface area contributed by atoms with E-state index in [2.05, 4.69) is 6.92 Å². The monoisotopic (exact) mass is 178 g/mol. The predicted molar refractivity (Wildman–Crippen MR) is 51.8 cm³/mol. The van der Waals surface area contributed by atoms with Crippen LogP contribution in [0.4, 0.5) is 10.5 Å². The molecule has 1 aromatic carbocycles. The third kappa shape index (κ3) is 2.47.